The summed E-state index contributed by atoms with van der Waals surface area (Å²) in [7, 11) is 0. The molecule has 0 rings (SSSR count). The van der Waals surface area contributed by atoms with Crippen LogP contribution in [0.1, 0.15) is 20.3 Å². The van der Waals surface area contributed by atoms with E-state index in [4.69, 9.17) is 5.73 Å². The van der Waals surface area contributed by atoms with Gasteiger partial charge in [0.15, 0.2) is 0 Å². The van der Waals surface area contributed by atoms with Gasteiger partial charge in [0.2, 0.25) is 0 Å². The van der Waals surface area contributed by atoms with Crippen molar-refractivity contribution in [3.63, 3.8) is 0 Å². The Morgan fingerprint density at radius 2 is 2.20 bits per heavy atom. The highest BCUT2D eigenvalue weighted by molar-refractivity contribution is 4.81. The van der Waals surface area contributed by atoms with Crippen LogP contribution < -0.4 is 5.73 Å². The Morgan fingerprint density at radius 3 is 2.60 bits per heavy atom. The summed E-state index contributed by atoms with van der Waals surface area (Å²) in [5.74, 6) is 0.279. The molecule has 60 valence electrons. The van der Waals surface area contributed by atoms with Crippen molar-refractivity contribution in [3.8, 4) is 0 Å². The number of hydrogen-bond acceptors (Lipinski definition) is 2. The largest absolute Gasteiger partial charge is 0.392 e. The average molecular weight is 143 g/mol. The van der Waals surface area contributed by atoms with Gasteiger partial charge in [0, 0.05) is 6.54 Å². The van der Waals surface area contributed by atoms with E-state index >= 15 is 0 Å². The van der Waals surface area contributed by atoms with Crippen LogP contribution in [0.15, 0.2) is 12.2 Å². The molecular weight excluding hydrogens is 126 g/mol. The van der Waals surface area contributed by atoms with Gasteiger partial charge in [-0.25, -0.2) is 0 Å². The molecule has 10 heavy (non-hydrogen) atoms. The number of hydrogen-bond donors (Lipinski definition) is 2. The topological polar surface area (TPSA) is 46.2 Å². The maximum absolute atomic E-state index is 9.19. The molecule has 0 saturated carbocycles. The van der Waals surface area contributed by atoms with Crippen molar-refractivity contribution >= 4 is 0 Å². The minimum absolute atomic E-state index is 0.279. The van der Waals surface area contributed by atoms with E-state index in [1.165, 1.54) is 0 Å². The molecule has 0 heterocycles. The normalized spacial score (nSPS) is 17.6. The zero-order valence-electron chi connectivity index (χ0n) is 6.75. The van der Waals surface area contributed by atoms with Crippen molar-refractivity contribution < 1.29 is 5.11 Å². The number of aliphatic hydroxyl groups is 1. The van der Waals surface area contributed by atoms with Crippen LogP contribution in [-0.2, 0) is 0 Å². The van der Waals surface area contributed by atoms with E-state index in [2.05, 4.69) is 0 Å². The maximum atomic E-state index is 9.19. The SMILES string of the molecule is C/C=C/C[C@@H](C)[C@@H](O)CN. The fourth-order valence-corrected chi connectivity index (χ4v) is 0.740. The first kappa shape index (κ1) is 9.66. The van der Waals surface area contributed by atoms with Crippen LogP contribution in [0.4, 0.5) is 0 Å². The molecule has 0 fully saturated rings. The first-order chi connectivity index (χ1) is 4.72. The van der Waals surface area contributed by atoms with Crippen molar-refractivity contribution in [2.75, 3.05) is 6.54 Å². The van der Waals surface area contributed by atoms with Gasteiger partial charge >= 0.3 is 0 Å². The fraction of sp³-hybridized carbons (Fsp3) is 0.750. The zero-order valence-corrected chi connectivity index (χ0v) is 6.75. The summed E-state index contributed by atoms with van der Waals surface area (Å²) in [5.41, 5.74) is 5.27. The molecule has 0 aromatic rings. The molecular formula is C8H17NO. The summed E-state index contributed by atoms with van der Waals surface area (Å²) in [5, 5.41) is 9.19. The molecule has 2 nitrogen and oxygen atoms in total. The highest BCUT2D eigenvalue weighted by atomic mass is 16.3. The molecule has 0 aliphatic rings. The Balaban J connectivity index is 3.50. The van der Waals surface area contributed by atoms with Crippen molar-refractivity contribution in [2.24, 2.45) is 11.7 Å². The standard InChI is InChI=1S/C8H17NO/c1-3-4-5-7(2)8(10)6-9/h3-4,7-8,10H,5-6,9H2,1-2H3/b4-3+/t7-,8+/m1/s1. The van der Waals surface area contributed by atoms with E-state index in [0.29, 0.717) is 6.54 Å². The summed E-state index contributed by atoms with van der Waals surface area (Å²) < 4.78 is 0. The molecule has 0 spiro atoms. The minimum atomic E-state index is -0.351. The van der Waals surface area contributed by atoms with Crippen molar-refractivity contribution in [3.05, 3.63) is 12.2 Å². The number of aliphatic hydroxyl groups excluding tert-OH is 1. The quantitative estimate of drug-likeness (QED) is 0.574. The summed E-state index contributed by atoms with van der Waals surface area (Å²) in [4.78, 5) is 0. The van der Waals surface area contributed by atoms with E-state index in [1.807, 2.05) is 26.0 Å². The third-order valence-electron chi connectivity index (χ3n) is 1.64. The van der Waals surface area contributed by atoms with Gasteiger partial charge in [-0.05, 0) is 19.3 Å². The Bertz CT molecular complexity index is 101. The summed E-state index contributed by atoms with van der Waals surface area (Å²) in [6.45, 7) is 4.33. The molecule has 0 bridgehead atoms. The smallest absolute Gasteiger partial charge is 0.0690 e. The molecule has 0 saturated heterocycles. The van der Waals surface area contributed by atoms with Crippen molar-refractivity contribution in [2.45, 2.75) is 26.4 Å². The molecule has 0 unspecified atom stereocenters. The minimum Gasteiger partial charge on any atom is -0.392 e. The highest BCUT2D eigenvalue weighted by Gasteiger charge is 2.09. The van der Waals surface area contributed by atoms with Gasteiger partial charge in [0.1, 0.15) is 0 Å². The molecule has 0 radical (unpaired) electrons. The van der Waals surface area contributed by atoms with Crippen LogP contribution in [0, 0.1) is 5.92 Å². The predicted molar refractivity (Wildman–Crippen MR) is 43.7 cm³/mol. The maximum Gasteiger partial charge on any atom is 0.0690 e. The molecule has 0 aromatic heterocycles. The second-order valence-electron chi connectivity index (χ2n) is 2.59. The third kappa shape index (κ3) is 3.64. The van der Waals surface area contributed by atoms with Gasteiger partial charge in [0.25, 0.3) is 0 Å². The Kier molecular flexibility index (Phi) is 5.26. The first-order valence-electron chi connectivity index (χ1n) is 3.71. The lowest BCUT2D eigenvalue weighted by Crippen LogP contribution is -2.26. The number of allylic oxidation sites excluding steroid dienone is 2. The Hall–Kier alpha value is -0.340. The van der Waals surface area contributed by atoms with Crippen LogP contribution in [0.5, 0.6) is 0 Å². The summed E-state index contributed by atoms with van der Waals surface area (Å²) in [6, 6.07) is 0. The van der Waals surface area contributed by atoms with E-state index in [0.717, 1.165) is 6.42 Å². The predicted octanol–water partition coefficient (Wildman–Crippen LogP) is 0.908. The Labute approximate surface area is 62.7 Å². The molecule has 3 N–H and O–H groups in total. The Morgan fingerprint density at radius 1 is 1.60 bits per heavy atom. The van der Waals surface area contributed by atoms with Crippen LogP contribution in [0.2, 0.25) is 0 Å². The van der Waals surface area contributed by atoms with Gasteiger partial charge in [-0.2, -0.15) is 0 Å². The number of nitrogens with two attached hydrogens (primary N) is 1. The first-order valence-corrected chi connectivity index (χ1v) is 3.71. The van der Waals surface area contributed by atoms with Crippen LogP contribution in [0.3, 0.4) is 0 Å². The number of rotatable bonds is 4. The summed E-state index contributed by atoms with van der Waals surface area (Å²) in [6.07, 6.45) is 4.59. The van der Waals surface area contributed by atoms with Crippen molar-refractivity contribution in [1.29, 1.82) is 0 Å². The molecule has 0 amide bonds. The lowest BCUT2D eigenvalue weighted by Gasteiger charge is -2.14. The van der Waals surface area contributed by atoms with Crippen LogP contribution in [0.25, 0.3) is 0 Å². The van der Waals surface area contributed by atoms with Gasteiger partial charge in [0.05, 0.1) is 6.10 Å². The lowest BCUT2D eigenvalue weighted by molar-refractivity contribution is 0.126. The summed E-state index contributed by atoms with van der Waals surface area (Å²) >= 11 is 0. The zero-order chi connectivity index (χ0) is 7.98. The van der Waals surface area contributed by atoms with E-state index in [9.17, 15) is 5.11 Å². The third-order valence-corrected chi connectivity index (χ3v) is 1.64. The molecule has 2 atom stereocenters. The van der Waals surface area contributed by atoms with Crippen LogP contribution in [-0.4, -0.2) is 17.8 Å². The molecule has 0 aliphatic heterocycles. The lowest BCUT2D eigenvalue weighted by atomic mass is 10.0. The second-order valence-corrected chi connectivity index (χ2v) is 2.59. The average Bonchev–Trinajstić information content (AvgIpc) is 1.98. The van der Waals surface area contributed by atoms with Gasteiger partial charge in [-0.15, -0.1) is 0 Å². The highest BCUT2D eigenvalue weighted by Crippen LogP contribution is 2.07. The fourth-order valence-electron chi connectivity index (χ4n) is 0.740. The van der Waals surface area contributed by atoms with E-state index in [-0.39, 0.29) is 12.0 Å². The molecule has 0 aromatic carbocycles. The van der Waals surface area contributed by atoms with Crippen molar-refractivity contribution in [1.82, 2.24) is 0 Å². The second kappa shape index (κ2) is 5.45. The molecule has 0 aliphatic carbocycles. The molecule has 2 heteroatoms. The van der Waals surface area contributed by atoms with E-state index in [1.54, 1.807) is 0 Å². The monoisotopic (exact) mass is 143 g/mol. The van der Waals surface area contributed by atoms with Crippen LogP contribution >= 0.6 is 0 Å². The van der Waals surface area contributed by atoms with E-state index < -0.39 is 0 Å². The van der Waals surface area contributed by atoms with Gasteiger partial charge in [-0.1, -0.05) is 19.1 Å². The van der Waals surface area contributed by atoms with Gasteiger partial charge in [-0.3, -0.25) is 0 Å². The van der Waals surface area contributed by atoms with Gasteiger partial charge < -0.3 is 10.8 Å².